The van der Waals surface area contributed by atoms with Gasteiger partial charge in [0.05, 0.1) is 17.0 Å². The number of carbonyl (C=O) groups excluding carboxylic acids is 1. The number of nitrogens with one attached hydrogen (secondary N) is 1. The Morgan fingerprint density at radius 1 is 1.21 bits per heavy atom. The molecule has 1 aromatic heterocycles. The molecule has 0 radical (unpaired) electrons. The summed E-state index contributed by atoms with van der Waals surface area (Å²) in [5, 5.41) is 15.8. The normalized spacial score (nSPS) is 10.9. The Hall–Kier alpha value is -3.66. The van der Waals surface area contributed by atoms with E-state index in [1.165, 1.54) is 0 Å². The molecular weight excluding hydrogens is 356 g/mol. The Balaban J connectivity index is 1.71. The van der Waals surface area contributed by atoms with Gasteiger partial charge in [-0.3, -0.25) is 4.79 Å². The van der Waals surface area contributed by atoms with Gasteiger partial charge in [-0.25, -0.2) is 0 Å². The summed E-state index contributed by atoms with van der Waals surface area (Å²) in [6.45, 7) is 5.49. The van der Waals surface area contributed by atoms with Crippen LogP contribution in [0.2, 0.25) is 0 Å². The maximum Gasteiger partial charge on any atom is 0.259 e. The van der Waals surface area contributed by atoms with Crippen LogP contribution in [-0.2, 0) is 12.0 Å². The fourth-order valence-corrected chi connectivity index (χ4v) is 2.56. The standard InChI is InChI=1S/C21H20N4O3/c1-14-23-19(25-28-14)12-27-18-7-5-4-6-17(18)20(26)24-16-10-8-15(9-11-16)21(2,3)13-22/h4-11H,12H2,1-3H3,(H,24,26). The minimum Gasteiger partial charge on any atom is -0.485 e. The molecule has 0 bridgehead atoms. The summed E-state index contributed by atoms with van der Waals surface area (Å²) in [6, 6.07) is 16.4. The third-order valence-electron chi connectivity index (χ3n) is 4.20. The molecule has 0 saturated carbocycles. The molecule has 0 saturated heterocycles. The lowest BCUT2D eigenvalue weighted by molar-refractivity contribution is 0.102. The van der Waals surface area contributed by atoms with Gasteiger partial charge in [-0.05, 0) is 43.7 Å². The van der Waals surface area contributed by atoms with Crippen molar-refractivity contribution in [1.29, 1.82) is 5.26 Å². The summed E-state index contributed by atoms with van der Waals surface area (Å²) in [5.74, 6) is 0.980. The van der Waals surface area contributed by atoms with Gasteiger partial charge in [-0.15, -0.1) is 0 Å². The van der Waals surface area contributed by atoms with Crippen molar-refractivity contribution >= 4 is 11.6 Å². The zero-order valence-electron chi connectivity index (χ0n) is 15.9. The van der Waals surface area contributed by atoms with E-state index in [1.807, 2.05) is 26.0 Å². The first kappa shape index (κ1) is 19.1. The second-order valence-corrected chi connectivity index (χ2v) is 6.78. The van der Waals surface area contributed by atoms with Crippen molar-refractivity contribution in [3.05, 3.63) is 71.4 Å². The second-order valence-electron chi connectivity index (χ2n) is 6.78. The van der Waals surface area contributed by atoms with Crippen molar-refractivity contribution in [3.8, 4) is 11.8 Å². The van der Waals surface area contributed by atoms with Crippen molar-refractivity contribution in [2.75, 3.05) is 5.32 Å². The van der Waals surface area contributed by atoms with Crippen molar-refractivity contribution in [1.82, 2.24) is 10.1 Å². The highest BCUT2D eigenvalue weighted by molar-refractivity contribution is 6.06. The quantitative estimate of drug-likeness (QED) is 0.697. The van der Waals surface area contributed by atoms with Gasteiger partial charge in [0.15, 0.2) is 6.61 Å². The fraction of sp³-hybridized carbons (Fsp3) is 0.238. The van der Waals surface area contributed by atoms with Gasteiger partial charge in [0.25, 0.3) is 5.91 Å². The van der Waals surface area contributed by atoms with Gasteiger partial charge < -0.3 is 14.6 Å². The predicted octanol–water partition coefficient (Wildman–Crippen LogP) is 4.01. The number of rotatable bonds is 6. The topological polar surface area (TPSA) is 101 Å². The Labute approximate surface area is 163 Å². The molecule has 1 N–H and O–H groups in total. The van der Waals surface area contributed by atoms with Crippen molar-refractivity contribution in [2.24, 2.45) is 0 Å². The molecule has 7 nitrogen and oxygen atoms in total. The number of para-hydroxylation sites is 1. The molecule has 2 aromatic carbocycles. The van der Waals surface area contributed by atoms with Gasteiger partial charge in [0.2, 0.25) is 11.7 Å². The largest absolute Gasteiger partial charge is 0.485 e. The van der Waals surface area contributed by atoms with Gasteiger partial charge in [-0.2, -0.15) is 10.2 Å². The van der Waals surface area contributed by atoms with E-state index < -0.39 is 5.41 Å². The van der Waals surface area contributed by atoms with Crippen molar-refractivity contribution in [3.63, 3.8) is 0 Å². The zero-order valence-corrected chi connectivity index (χ0v) is 15.9. The first-order chi connectivity index (χ1) is 13.4. The smallest absolute Gasteiger partial charge is 0.259 e. The molecule has 0 aliphatic carbocycles. The Morgan fingerprint density at radius 2 is 1.93 bits per heavy atom. The third-order valence-corrected chi connectivity index (χ3v) is 4.20. The number of anilines is 1. The molecule has 0 unspecified atom stereocenters. The van der Waals surface area contributed by atoms with Gasteiger partial charge >= 0.3 is 0 Å². The van der Waals surface area contributed by atoms with E-state index >= 15 is 0 Å². The minimum absolute atomic E-state index is 0.0968. The highest BCUT2D eigenvalue weighted by atomic mass is 16.5. The summed E-state index contributed by atoms with van der Waals surface area (Å²) in [7, 11) is 0. The number of amides is 1. The van der Waals surface area contributed by atoms with E-state index in [0.717, 1.165) is 5.56 Å². The van der Waals surface area contributed by atoms with E-state index in [0.29, 0.717) is 28.7 Å². The average molecular weight is 376 g/mol. The van der Waals surface area contributed by atoms with E-state index in [9.17, 15) is 10.1 Å². The summed E-state index contributed by atoms with van der Waals surface area (Å²) in [5.41, 5.74) is 1.32. The highest BCUT2D eigenvalue weighted by Gasteiger charge is 2.19. The lowest BCUT2D eigenvalue weighted by atomic mass is 9.86. The zero-order chi connectivity index (χ0) is 20.1. The number of carbonyl (C=O) groups is 1. The highest BCUT2D eigenvalue weighted by Crippen LogP contribution is 2.25. The molecule has 0 atom stereocenters. The van der Waals surface area contributed by atoms with Crippen molar-refractivity contribution < 1.29 is 14.1 Å². The van der Waals surface area contributed by atoms with Crippen LogP contribution in [0, 0.1) is 18.3 Å². The van der Waals surface area contributed by atoms with Gasteiger partial charge in [-0.1, -0.05) is 29.4 Å². The fourth-order valence-electron chi connectivity index (χ4n) is 2.56. The monoisotopic (exact) mass is 376 g/mol. The molecule has 3 aromatic rings. The van der Waals surface area contributed by atoms with E-state index in [1.54, 1.807) is 43.3 Å². The average Bonchev–Trinajstić information content (AvgIpc) is 3.12. The van der Waals surface area contributed by atoms with Crippen LogP contribution in [0.25, 0.3) is 0 Å². The molecular formula is C21H20N4O3. The molecule has 1 heterocycles. The van der Waals surface area contributed by atoms with E-state index in [-0.39, 0.29) is 12.5 Å². The van der Waals surface area contributed by atoms with Crippen LogP contribution in [0.4, 0.5) is 5.69 Å². The SMILES string of the molecule is Cc1nc(COc2ccccc2C(=O)Nc2ccc(C(C)(C)C#N)cc2)no1. The Bertz CT molecular complexity index is 1020. The van der Waals surface area contributed by atoms with Crippen LogP contribution in [0.1, 0.15) is 41.5 Å². The van der Waals surface area contributed by atoms with E-state index in [2.05, 4.69) is 21.5 Å². The molecule has 1 amide bonds. The van der Waals surface area contributed by atoms with Crippen LogP contribution in [0.15, 0.2) is 53.1 Å². The van der Waals surface area contributed by atoms with Crippen LogP contribution in [0.5, 0.6) is 5.75 Å². The van der Waals surface area contributed by atoms with E-state index in [4.69, 9.17) is 9.26 Å². The Kier molecular flexibility index (Phi) is 5.41. The third kappa shape index (κ3) is 4.35. The first-order valence-corrected chi connectivity index (χ1v) is 8.73. The number of hydrogen-bond donors (Lipinski definition) is 1. The van der Waals surface area contributed by atoms with Crippen LogP contribution in [0.3, 0.4) is 0 Å². The summed E-state index contributed by atoms with van der Waals surface area (Å²) >= 11 is 0. The maximum absolute atomic E-state index is 12.7. The van der Waals surface area contributed by atoms with Gasteiger partial charge in [0, 0.05) is 12.6 Å². The molecule has 3 rings (SSSR count). The lowest BCUT2D eigenvalue weighted by Gasteiger charge is -2.16. The maximum atomic E-state index is 12.7. The van der Waals surface area contributed by atoms with Crippen molar-refractivity contribution in [2.45, 2.75) is 32.8 Å². The molecule has 0 fully saturated rings. The van der Waals surface area contributed by atoms with Crippen LogP contribution >= 0.6 is 0 Å². The summed E-state index contributed by atoms with van der Waals surface area (Å²) in [4.78, 5) is 16.8. The second kappa shape index (κ2) is 7.92. The first-order valence-electron chi connectivity index (χ1n) is 8.73. The number of ether oxygens (including phenoxy) is 1. The number of hydrogen-bond acceptors (Lipinski definition) is 6. The van der Waals surface area contributed by atoms with Crippen LogP contribution in [-0.4, -0.2) is 16.0 Å². The summed E-state index contributed by atoms with van der Waals surface area (Å²) in [6.07, 6.45) is 0. The molecule has 0 aliphatic heterocycles. The molecule has 7 heteroatoms. The lowest BCUT2D eigenvalue weighted by Crippen LogP contribution is -2.15. The predicted molar refractivity (Wildman–Crippen MR) is 103 cm³/mol. The number of aromatic nitrogens is 2. The Morgan fingerprint density at radius 3 is 2.57 bits per heavy atom. The number of nitrogens with zero attached hydrogens (tertiary/aromatic N) is 3. The molecule has 142 valence electrons. The summed E-state index contributed by atoms with van der Waals surface area (Å²) < 4.78 is 10.6. The number of benzene rings is 2. The molecule has 28 heavy (non-hydrogen) atoms. The number of aryl methyl sites for hydroxylation is 1. The minimum atomic E-state index is -0.587. The van der Waals surface area contributed by atoms with Gasteiger partial charge in [0.1, 0.15) is 5.75 Å². The van der Waals surface area contributed by atoms with Crippen LogP contribution < -0.4 is 10.1 Å². The molecule has 0 aliphatic rings. The molecule has 0 spiro atoms. The number of nitriles is 1.